The molecule has 5 nitrogen and oxygen atoms in total. The lowest BCUT2D eigenvalue weighted by Crippen LogP contribution is -2.39. The quantitative estimate of drug-likeness (QED) is 0.854. The Bertz CT molecular complexity index is 554. The Hall–Kier alpha value is -1.59. The number of nitrogens with zero attached hydrogens (tertiary/aromatic N) is 1. The molecule has 1 spiro atoms. The Morgan fingerprint density at radius 2 is 2.04 bits per heavy atom. The lowest BCUT2D eigenvalue weighted by Gasteiger charge is -2.37. The molecule has 1 amide bonds. The molecule has 3 rings (SSSR count). The van der Waals surface area contributed by atoms with Crippen LogP contribution < -0.4 is 4.74 Å². The van der Waals surface area contributed by atoms with E-state index in [2.05, 4.69) is 0 Å². The third-order valence-corrected chi connectivity index (χ3v) is 5.29. The van der Waals surface area contributed by atoms with Gasteiger partial charge in [0.25, 0.3) is 5.91 Å². The van der Waals surface area contributed by atoms with Crippen LogP contribution in [0, 0.1) is 11.3 Å². The zero-order valence-corrected chi connectivity index (χ0v) is 13.9. The summed E-state index contributed by atoms with van der Waals surface area (Å²) in [6.45, 7) is 3.76. The highest BCUT2D eigenvalue weighted by Crippen LogP contribution is 2.45. The van der Waals surface area contributed by atoms with Crippen LogP contribution in [-0.2, 0) is 9.47 Å². The molecule has 5 heteroatoms. The van der Waals surface area contributed by atoms with Crippen LogP contribution in [0.4, 0.5) is 0 Å². The minimum Gasteiger partial charge on any atom is -0.496 e. The highest BCUT2D eigenvalue weighted by molar-refractivity contribution is 5.97. The fourth-order valence-corrected chi connectivity index (χ4v) is 3.95. The Balaban J connectivity index is 1.82. The average Bonchev–Trinajstić information content (AvgIpc) is 2.93. The van der Waals surface area contributed by atoms with Crippen LogP contribution in [0.3, 0.4) is 0 Å². The summed E-state index contributed by atoms with van der Waals surface area (Å²) in [5.41, 5.74) is 0.765. The Kier molecular flexibility index (Phi) is 4.87. The number of hydrogen-bond donors (Lipinski definition) is 0. The predicted molar refractivity (Wildman–Crippen MR) is 86.7 cm³/mol. The highest BCUT2D eigenvalue weighted by Gasteiger charge is 2.48. The van der Waals surface area contributed by atoms with Crippen molar-refractivity contribution >= 4 is 5.91 Å². The van der Waals surface area contributed by atoms with Crippen molar-refractivity contribution in [2.75, 3.05) is 47.1 Å². The number of hydrogen-bond acceptors (Lipinski definition) is 4. The van der Waals surface area contributed by atoms with Crippen molar-refractivity contribution in [2.45, 2.75) is 12.8 Å². The molecule has 2 heterocycles. The molecule has 1 aromatic rings. The maximum absolute atomic E-state index is 13.0. The van der Waals surface area contributed by atoms with Crippen molar-refractivity contribution in [3.63, 3.8) is 0 Å². The lowest BCUT2D eigenvalue weighted by atomic mass is 9.72. The van der Waals surface area contributed by atoms with E-state index in [0.29, 0.717) is 23.8 Å². The van der Waals surface area contributed by atoms with Crippen molar-refractivity contribution in [3.05, 3.63) is 29.8 Å². The number of rotatable bonds is 4. The fraction of sp³-hybridized carbons (Fsp3) is 0.611. The molecular weight excluding hydrogens is 294 g/mol. The fourth-order valence-electron chi connectivity index (χ4n) is 3.95. The number of para-hydroxylation sites is 1. The Morgan fingerprint density at radius 1 is 1.30 bits per heavy atom. The zero-order chi connectivity index (χ0) is 16.3. The molecule has 2 aliphatic heterocycles. The topological polar surface area (TPSA) is 48.0 Å². The van der Waals surface area contributed by atoms with Crippen LogP contribution in [0.5, 0.6) is 5.75 Å². The summed E-state index contributed by atoms with van der Waals surface area (Å²) >= 11 is 0. The van der Waals surface area contributed by atoms with Crippen molar-refractivity contribution in [3.8, 4) is 5.75 Å². The number of ether oxygens (including phenoxy) is 3. The first kappa shape index (κ1) is 16.3. The number of likely N-dealkylation sites (tertiary alicyclic amines) is 1. The summed E-state index contributed by atoms with van der Waals surface area (Å²) in [5, 5.41) is 0. The zero-order valence-electron chi connectivity index (χ0n) is 13.9. The first-order valence-corrected chi connectivity index (χ1v) is 8.19. The van der Waals surface area contributed by atoms with Crippen molar-refractivity contribution in [1.29, 1.82) is 0 Å². The smallest absolute Gasteiger partial charge is 0.257 e. The molecule has 2 aliphatic rings. The van der Waals surface area contributed by atoms with E-state index in [4.69, 9.17) is 14.2 Å². The van der Waals surface area contributed by atoms with Crippen molar-refractivity contribution in [2.24, 2.45) is 11.3 Å². The monoisotopic (exact) mass is 319 g/mol. The summed E-state index contributed by atoms with van der Waals surface area (Å²) in [7, 11) is 3.33. The van der Waals surface area contributed by atoms with Gasteiger partial charge in [-0.05, 0) is 30.4 Å². The first-order valence-electron chi connectivity index (χ1n) is 8.19. The van der Waals surface area contributed by atoms with Gasteiger partial charge in [-0.2, -0.15) is 0 Å². The van der Waals surface area contributed by atoms with Gasteiger partial charge in [0, 0.05) is 39.3 Å². The molecular formula is C18H25NO4. The van der Waals surface area contributed by atoms with Gasteiger partial charge in [-0.3, -0.25) is 4.79 Å². The molecule has 1 aromatic carbocycles. The Morgan fingerprint density at radius 3 is 2.74 bits per heavy atom. The highest BCUT2D eigenvalue weighted by atomic mass is 16.5. The summed E-state index contributed by atoms with van der Waals surface area (Å²) < 4.78 is 16.3. The molecule has 0 aromatic heterocycles. The molecule has 0 bridgehead atoms. The van der Waals surface area contributed by atoms with Crippen LogP contribution in [0.2, 0.25) is 0 Å². The van der Waals surface area contributed by atoms with E-state index < -0.39 is 0 Å². The predicted octanol–water partition coefficient (Wildman–Crippen LogP) is 2.21. The number of carbonyl (C=O) groups excluding carboxylic acids is 1. The largest absolute Gasteiger partial charge is 0.496 e. The van der Waals surface area contributed by atoms with Crippen LogP contribution >= 0.6 is 0 Å². The van der Waals surface area contributed by atoms with Gasteiger partial charge in [0.15, 0.2) is 0 Å². The molecule has 0 N–H and O–H groups in total. The van der Waals surface area contributed by atoms with Gasteiger partial charge in [-0.25, -0.2) is 0 Å². The third-order valence-electron chi connectivity index (χ3n) is 5.29. The second-order valence-corrected chi connectivity index (χ2v) is 6.51. The molecule has 23 heavy (non-hydrogen) atoms. The van der Waals surface area contributed by atoms with Gasteiger partial charge in [0.05, 0.1) is 19.3 Å². The van der Waals surface area contributed by atoms with Gasteiger partial charge < -0.3 is 19.1 Å². The second-order valence-electron chi connectivity index (χ2n) is 6.51. The second kappa shape index (κ2) is 6.89. The maximum atomic E-state index is 13.0. The summed E-state index contributed by atoms with van der Waals surface area (Å²) in [6.07, 6.45) is 1.99. The van der Waals surface area contributed by atoms with Gasteiger partial charge in [0.1, 0.15) is 5.75 Å². The van der Waals surface area contributed by atoms with E-state index in [9.17, 15) is 4.79 Å². The van der Waals surface area contributed by atoms with E-state index in [1.807, 2.05) is 29.2 Å². The number of methoxy groups -OCH3 is 2. The van der Waals surface area contributed by atoms with Gasteiger partial charge >= 0.3 is 0 Å². The van der Waals surface area contributed by atoms with Crippen LogP contribution in [0.25, 0.3) is 0 Å². The van der Waals surface area contributed by atoms with Gasteiger partial charge in [0.2, 0.25) is 0 Å². The molecule has 0 saturated carbocycles. The molecule has 126 valence electrons. The van der Waals surface area contributed by atoms with E-state index in [-0.39, 0.29) is 11.3 Å². The van der Waals surface area contributed by atoms with Crippen LogP contribution in [-0.4, -0.2) is 57.9 Å². The molecule has 0 aliphatic carbocycles. The molecule has 0 unspecified atom stereocenters. The van der Waals surface area contributed by atoms with Gasteiger partial charge in [-0.15, -0.1) is 0 Å². The summed E-state index contributed by atoms with van der Waals surface area (Å²) in [5.74, 6) is 1.05. The average molecular weight is 319 g/mol. The van der Waals surface area contributed by atoms with Crippen molar-refractivity contribution < 1.29 is 19.0 Å². The number of carbonyl (C=O) groups is 1. The van der Waals surface area contributed by atoms with E-state index in [0.717, 1.165) is 39.1 Å². The molecule has 0 radical (unpaired) electrons. The van der Waals surface area contributed by atoms with Gasteiger partial charge in [-0.1, -0.05) is 12.1 Å². The summed E-state index contributed by atoms with van der Waals surface area (Å²) in [6, 6.07) is 7.43. The van der Waals surface area contributed by atoms with E-state index >= 15 is 0 Å². The minimum absolute atomic E-state index is 0.0481. The van der Waals surface area contributed by atoms with E-state index in [1.54, 1.807) is 14.2 Å². The van der Waals surface area contributed by atoms with E-state index in [1.165, 1.54) is 0 Å². The molecule has 2 saturated heterocycles. The van der Waals surface area contributed by atoms with Crippen molar-refractivity contribution in [1.82, 2.24) is 4.90 Å². The first-order chi connectivity index (χ1) is 11.2. The Labute approximate surface area is 137 Å². The standard InChI is InChI=1S/C18H25NO4/c1-21-12-14-11-19(13-18(14)7-9-23-10-8-18)17(20)15-5-3-4-6-16(15)22-2/h3-6,14H,7-13H2,1-2H3/t14-/m0/s1. The normalized spacial score (nSPS) is 23.2. The van der Waals surface area contributed by atoms with Crippen LogP contribution in [0.1, 0.15) is 23.2 Å². The summed E-state index contributed by atoms with van der Waals surface area (Å²) in [4.78, 5) is 14.9. The minimum atomic E-state index is 0.0481. The molecule has 2 fully saturated rings. The molecule has 1 atom stereocenters. The number of benzene rings is 1. The number of amides is 1. The lowest BCUT2D eigenvalue weighted by molar-refractivity contribution is -0.0169. The third kappa shape index (κ3) is 3.08. The SMILES string of the molecule is COC[C@@H]1CN(C(=O)c2ccccc2OC)CC12CCOCC2. The maximum Gasteiger partial charge on any atom is 0.257 e. The van der Waals surface area contributed by atoms with Crippen LogP contribution in [0.15, 0.2) is 24.3 Å².